The topological polar surface area (TPSA) is 77.8 Å². The Balaban J connectivity index is 1.19. The highest BCUT2D eigenvalue weighted by atomic mass is 16.7. The van der Waals surface area contributed by atoms with E-state index in [0.717, 1.165) is 40.0 Å². The predicted molar refractivity (Wildman–Crippen MR) is 156 cm³/mol. The van der Waals surface area contributed by atoms with Gasteiger partial charge in [-0.1, -0.05) is 18.2 Å². The quantitative estimate of drug-likeness (QED) is 0.225. The third kappa shape index (κ3) is 5.25. The number of carbonyl (C=O) groups excluding carboxylic acids is 1. The van der Waals surface area contributed by atoms with E-state index in [9.17, 15) is 10.1 Å². The third-order valence-electron chi connectivity index (χ3n) is 9.00. The minimum absolute atomic E-state index is 0.102. The highest BCUT2D eigenvalue weighted by Crippen LogP contribution is 2.64. The Morgan fingerprint density at radius 1 is 1.05 bits per heavy atom. The van der Waals surface area contributed by atoms with Crippen LogP contribution in [0.4, 0.5) is 0 Å². The lowest BCUT2D eigenvalue weighted by molar-refractivity contribution is -0.141. The standard InChI is InChI=1S/C35H37NO5/c1-21-15-26(38-19-27-20-39-34(4,5)41-27)16-22(2)32(21)28-7-6-8-29(23(28)3)33(37)40-25-9-10-30-24(17-25)18-35(12-13-35)31(30)11-14-36/h6-10,15-17,27,31H,11-13,18-20H2,1-5H3/t27-,31?/m0/s1. The molecule has 0 aromatic heterocycles. The van der Waals surface area contributed by atoms with Crippen LogP contribution in [-0.2, 0) is 15.9 Å². The summed E-state index contributed by atoms with van der Waals surface area (Å²) in [7, 11) is 0. The summed E-state index contributed by atoms with van der Waals surface area (Å²) in [6, 6.07) is 18.1. The van der Waals surface area contributed by atoms with Crippen molar-refractivity contribution in [3.05, 3.63) is 81.9 Å². The van der Waals surface area contributed by atoms with Crippen molar-refractivity contribution in [2.75, 3.05) is 13.2 Å². The van der Waals surface area contributed by atoms with Gasteiger partial charge < -0.3 is 18.9 Å². The first kappa shape index (κ1) is 27.5. The molecule has 2 fully saturated rings. The molecule has 2 atom stereocenters. The van der Waals surface area contributed by atoms with Crippen LogP contribution >= 0.6 is 0 Å². The van der Waals surface area contributed by atoms with Crippen LogP contribution in [0.3, 0.4) is 0 Å². The molecule has 1 heterocycles. The number of fused-ring (bicyclic) bond motifs is 1. The van der Waals surface area contributed by atoms with Crippen molar-refractivity contribution in [3.63, 3.8) is 0 Å². The molecule has 3 aliphatic rings. The Kier molecular flexibility index (Phi) is 6.92. The minimum Gasteiger partial charge on any atom is -0.491 e. The van der Waals surface area contributed by atoms with Crippen LogP contribution < -0.4 is 9.47 Å². The third-order valence-corrected chi connectivity index (χ3v) is 9.00. The van der Waals surface area contributed by atoms with Gasteiger partial charge in [-0.05, 0) is 129 Å². The Hall–Kier alpha value is -3.66. The van der Waals surface area contributed by atoms with E-state index in [1.807, 2.05) is 63.2 Å². The van der Waals surface area contributed by atoms with Gasteiger partial charge in [0.1, 0.15) is 24.2 Å². The fourth-order valence-electron chi connectivity index (χ4n) is 6.83. The lowest BCUT2D eigenvalue weighted by Gasteiger charge is -2.19. The molecule has 212 valence electrons. The second-order valence-corrected chi connectivity index (χ2v) is 12.4. The molecule has 1 saturated heterocycles. The van der Waals surface area contributed by atoms with Crippen molar-refractivity contribution in [2.45, 2.75) is 78.1 Å². The van der Waals surface area contributed by atoms with Crippen LogP contribution in [0, 0.1) is 37.5 Å². The second kappa shape index (κ2) is 10.3. The first-order valence-corrected chi connectivity index (χ1v) is 14.5. The molecule has 6 heteroatoms. The second-order valence-electron chi connectivity index (χ2n) is 12.4. The number of nitriles is 1. The molecule has 0 bridgehead atoms. The van der Waals surface area contributed by atoms with E-state index in [-0.39, 0.29) is 17.5 Å². The van der Waals surface area contributed by atoms with Crippen LogP contribution in [0.5, 0.6) is 11.5 Å². The van der Waals surface area contributed by atoms with E-state index in [4.69, 9.17) is 18.9 Å². The van der Waals surface area contributed by atoms with Crippen molar-refractivity contribution in [1.29, 1.82) is 5.26 Å². The summed E-state index contributed by atoms with van der Waals surface area (Å²) < 4.78 is 23.5. The smallest absolute Gasteiger partial charge is 0.343 e. The lowest BCUT2D eigenvalue weighted by Crippen LogP contribution is -2.25. The molecule has 0 N–H and O–H groups in total. The van der Waals surface area contributed by atoms with Gasteiger partial charge in [-0.15, -0.1) is 0 Å². The Morgan fingerprint density at radius 3 is 2.46 bits per heavy atom. The summed E-state index contributed by atoms with van der Waals surface area (Å²) in [6.07, 6.45) is 3.75. The van der Waals surface area contributed by atoms with Gasteiger partial charge in [0.25, 0.3) is 0 Å². The molecule has 2 aliphatic carbocycles. The van der Waals surface area contributed by atoms with E-state index in [2.05, 4.69) is 26.0 Å². The highest BCUT2D eigenvalue weighted by Gasteiger charge is 2.54. The fourth-order valence-corrected chi connectivity index (χ4v) is 6.83. The summed E-state index contributed by atoms with van der Waals surface area (Å²) in [5, 5.41) is 9.34. The molecule has 6 rings (SSSR count). The molecule has 0 radical (unpaired) electrons. The first-order valence-electron chi connectivity index (χ1n) is 14.5. The number of carbonyl (C=O) groups is 1. The maximum absolute atomic E-state index is 13.4. The largest absolute Gasteiger partial charge is 0.491 e. The van der Waals surface area contributed by atoms with Gasteiger partial charge in [0.2, 0.25) is 0 Å². The van der Waals surface area contributed by atoms with Crippen molar-refractivity contribution in [1.82, 2.24) is 0 Å². The number of aryl methyl sites for hydroxylation is 2. The Bertz CT molecular complexity index is 1540. The predicted octanol–water partition coefficient (Wildman–Crippen LogP) is 7.36. The van der Waals surface area contributed by atoms with E-state index in [1.165, 1.54) is 24.0 Å². The number of nitrogens with zero attached hydrogens (tertiary/aromatic N) is 1. The van der Waals surface area contributed by atoms with Crippen LogP contribution in [-0.4, -0.2) is 31.1 Å². The average Bonchev–Trinajstić information content (AvgIpc) is 3.51. The summed E-state index contributed by atoms with van der Waals surface area (Å²) in [5.74, 6) is 0.697. The van der Waals surface area contributed by atoms with Crippen molar-refractivity contribution in [3.8, 4) is 28.7 Å². The average molecular weight is 552 g/mol. The van der Waals surface area contributed by atoms with E-state index in [1.54, 1.807) is 0 Å². The summed E-state index contributed by atoms with van der Waals surface area (Å²) in [4.78, 5) is 13.4. The van der Waals surface area contributed by atoms with Crippen molar-refractivity contribution in [2.24, 2.45) is 5.41 Å². The van der Waals surface area contributed by atoms with Gasteiger partial charge in [-0.2, -0.15) is 5.26 Å². The number of esters is 1. The molecule has 41 heavy (non-hydrogen) atoms. The molecule has 6 nitrogen and oxygen atoms in total. The Morgan fingerprint density at radius 2 is 1.80 bits per heavy atom. The van der Waals surface area contributed by atoms with Crippen LogP contribution in [0.2, 0.25) is 0 Å². The molecular formula is C35H37NO5. The maximum Gasteiger partial charge on any atom is 0.343 e. The molecule has 3 aromatic rings. The van der Waals surface area contributed by atoms with E-state index in [0.29, 0.717) is 36.9 Å². The normalized spacial score (nSPS) is 21.4. The van der Waals surface area contributed by atoms with Gasteiger partial charge >= 0.3 is 5.97 Å². The number of hydrogen-bond donors (Lipinski definition) is 0. The molecule has 1 unspecified atom stereocenters. The lowest BCUT2D eigenvalue weighted by atomic mass is 9.87. The molecular weight excluding hydrogens is 514 g/mol. The molecule has 0 amide bonds. The zero-order valence-electron chi connectivity index (χ0n) is 24.5. The maximum atomic E-state index is 13.4. The van der Waals surface area contributed by atoms with Gasteiger partial charge in [0.05, 0.1) is 18.2 Å². The van der Waals surface area contributed by atoms with Gasteiger partial charge in [0, 0.05) is 12.3 Å². The molecule has 3 aromatic carbocycles. The Labute approximate surface area is 242 Å². The first-order chi connectivity index (χ1) is 19.6. The zero-order valence-corrected chi connectivity index (χ0v) is 24.5. The molecule has 1 spiro atoms. The summed E-state index contributed by atoms with van der Waals surface area (Å²) in [6.45, 7) is 10.8. The molecule has 1 saturated carbocycles. The van der Waals surface area contributed by atoms with Gasteiger partial charge in [-0.3, -0.25) is 0 Å². The van der Waals surface area contributed by atoms with Crippen LogP contribution in [0.15, 0.2) is 48.5 Å². The number of rotatable bonds is 7. The summed E-state index contributed by atoms with van der Waals surface area (Å²) >= 11 is 0. The van der Waals surface area contributed by atoms with E-state index < -0.39 is 5.79 Å². The van der Waals surface area contributed by atoms with Crippen molar-refractivity contribution < 1.29 is 23.7 Å². The highest BCUT2D eigenvalue weighted by molar-refractivity contribution is 5.95. The molecule has 1 aliphatic heterocycles. The van der Waals surface area contributed by atoms with Crippen LogP contribution in [0.25, 0.3) is 11.1 Å². The number of ether oxygens (including phenoxy) is 4. The number of hydrogen-bond acceptors (Lipinski definition) is 6. The SMILES string of the molecule is Cc1cc(OC[C@H]2COC(C)(C)O2)cc(C)c1-c1cccc(C(=O)Oc2ccc3c(c2)CC2(CC2)C3CC#N)c1C. The van der Waals surface area contributed by atoms with Crippen molar-refractivity contribution >= 4 is 5.97 Å². The summed E-state index contributed by atoms with van der Waals surface area (Å²) in [5.41, 5.74) is 8.34. The number of benzene rings is 3. The fraction of sp³-hybridized carbons (Fsp3) is 0.429. The minimum atomic E-state index is -0.575. The van der Waals surface area contributed by atoms with Crippen LogP contribution in [0.1, 0.15) is 77.2 Å². The van der Waals surface area contributed by atoms with E-state index >= 15 is 0 Å². The monoisotopic (exact) mass is 551 g/mol. The van der Waals surface area contributed by atoms with Gasteiger partial charge in [0.15, 0.2) is 5.79 Å². The zero-order chi connectivity index (χ0) is 28.9. The van der Waals surface area contributed by atoms with Gasteiger partial charge in [-0.25, -0.2) is 4.79 Å².